The van der Waals surface area contributed by atoms with E-state index < -0.39 is 0 Å². The van der Waals surface area contributed by atoms with Gasteiger partial charge in [0, 0.05) is 6.61 Å². The van der Waals surface area contributed by atoms with Crippen LogP contribution in [-0.2, 0) is 4.74 Å². The molecule has 0 aromatic rings. The molecular formula is C13H24O2. The van der Waals surface area contributed by atoms with Crippen molar-refractivity contribution in [1.29, 1.82) is 0 Å². The zero-order chi connectivity index (χ0) is 10.5. The molecular weight excluding hydrogens is 188 g/mol. The minimum Gasteiger partial charge on any atom is -0.393 e. The zero-order valence-corrected chi connectivity index (χ0v) is 9.66. The largest absolute Gasteiger partial charge is 0.393 e. The minimum atomic E-state index is -0.0574. The van der Waals surface area contributed by atoms with Crippen molar-refractivity contribution in [3.8, 4) is 0 Å². The Morgan fingerprint density at radius 2 is 1.73 bits per heavy atom. The van der Waals surface area contributed by atoms with Gasteiger partial charge in [0.2, 0.25) is 0 Å². The van der Waals surface area contributed by atoms with Gasteiger partial charge < -0.3 is 9.84 Å². The summed E-state index contributed by atoms with van der Waals surface area (Å²) in [6.07, 6.45) is 11.3. The van der Waals surface area contributed by atoms with Gasteiger partial charge in [0.25, 0.3) is 0 Å². The van der Waals surface area contributed by atoms with Crippen LogP contribution in [0.1, 0.15) is 57.8 Å². The van der Waals surface area contributed by atoms with Crippen LogP contribution in [0.25, 0.3) is 0 Å². The Morgan fingerprint density at radius 1 is 0.933 bits per heavy atom. The van der Waals surface area contributed by atoms with E-state index in [2.05, 4.69) is 0 Å². The zero-order valence-electron chi connectivity index (χ0n) is 9.66. The summed E-state index contributed by atoms with van der Waals surface area (Å²) in [7, 11) is 0. The SMILES string of the molecule is OC1CCCCCC1CC1CCCCO1. The summed E-state index contributed by atoms with van der Waals surface area (Å²) in [6.45, 7) is 0.938. The number of ether oxygens (including phenoxy) is 1. The maximum absolute atomic E-state index is 10.0. The fourth-order valence-electron chi connectivity index (χ4n) is 2.97. The van der Waals surface area contributed by atoms with Gasteiger partial charge in [-0.1, -0.05) is 19.3 Å². The third kappa shape index (κ3) is 3.46. The lowest BCUT2D eigenvalue weighted by Gasteiger charge is -2.28. The van der Waals surface area contributed by atoms with Crippen LogP contribution in [0, 0.1) is 5.92 Å². The van der Waals surface area contributed by atoms with E-state index in [1.165, 1.54) is 44.9 Å². The molecule has 1 saturated carbocycles. The highest BCUT2D eigenvalue weighted by molar-refractivity contribution is 4.77. The average Bonchev–Trinajstić information content (AvgIpc) is 2.46. The van der Waals surface area contributed by atoms with Crippen molar-refractivity contribution in [3.05, 3.63) is 0 Å². The van der Waals surface area contributed by atoms with Crippen LogP contribution in [0.2, 0.25) is 0 Å². The summed E-state index contributed by atoms with van der Waals surface area (Å²) < 4.78 is 5.76. The lowest BCUT2D eigenvalue weighted by atomic mass is 9.89. The summed E-state index contributed by atoms with van der Waals surface area (Å²) >= 11 is 0. The molecule has 88 valence electrons. The summed E-state index contributed by atoms with van der Waals surface area (Å²) in [5, 5.41) is 10.0. The van der Waals surface area contributed by atoms with E-state index >= 15 is 0 Å². The monoisotopic (exact) mass is 212 g/mol. The van der Waals surface area contributed by atoms with Gasteiger partial charge in [0.05, 0.1) is 12.2 Å². The van der Waals surface area contributed by atoms with Gasteiger partial charge in [-0.2, -0.15) is 0 Å². The lowest BCUT2D eigenvalue weighted by molar-refractivity contribution is -0.0173. The minimum absolute atomic E-state index is 0.0574. The number of hydrogen-bond donors (Lipinski definition) is 1. The van der Waals surface area contributed by atoms with Crippen LogP contribution in [0.5, 0.6) is 0 Å². The Balaban J connectivity index is 1.79. The molecule has 0 aromatic carbocycles. The van der Waals surface area contributed by atoms with E-state index in [9.17, 15) is 5.11 Å². The molecule has 2 nitrogen and oxygen atoms in total. The van der Waals surface area contributed by atoms with Crippen LogP contribution in [0.4, 0.5) is 0 Å². The highest BCUT2D eigenvalue weighted by Crippen LogP contribution is 2.30. The van der Waals surface area contributed by atoms with Crippen molar-refractivity contribution >= 4 is 0 Å². The smallest absolute Gasteiger partial charge is 0.0578 e. The van der Waals surface area contributed by atoms with Gasteiger partial charge in [-0.3, -0.25) is 0 Å². The Labute approximate surface area is 93.0 Å². The second-order valence-corrected chi connectivity index (χ2v) is 5.19. The lowest BCUT2D eigenvalue weighted by Crippen LogP contribution is -2.27. The van der Waals surface area contributed by atoms with E-state index in [0.29, 0.717) is 12.0 Å². The van der Waals surface area contributed by atoms with Crippen molar-refractivity contribution in [2.24, 2.45) is 5.92 Å². The third-order valence-electron chi connectivity index (χ3n) is 3.96. The molecule has 15 heavy (non-hydrogen) atoms. The normalized spacial score (nSPS) is 38.6. The van der Waals surface area contributed by atoms with Gasteiger partial charge in [0.1, 0.15) is 0 Å². The molecule has 0 amide bonds. The van der Waals surface area contributed by atoms with Crippen molar-refractivity contribution in [3.63, 3.8) is 0 Å². The van der Waals surface area contributed by atoms with E-state index in [0.717, 1.165) is 19.4 Å². The van der Waals surface area contributed by atoms with Crippen LogP contribution in [0.3, 0.4) is 0 Å². The molecule has 2 fully saturated rings. The molecule has 1 N–H and O–H groups in total. The van der Waals surface area contributed by atoms with Crippen LogP contribution < -0.4 is 0 Å². The molecule has 3 atom stereocenters. The van der Waals surface area contributed by atoms with Crippen LogP contribution in [-0.4, -0.2) is 23.9 Å². The van der Waals surface area contributed by atoms with E-state index in [1.807, 2.05) is 0 Å². The van der Waals surface area contributed by atoms with E-state index in [1.54, 1.807) is 0 Å². The number of aliphatic hydroxyl groups is 1. The Morgan fingerprint density at radius 3 is 2.53 bits per heavy atom. The molecule has 1 heterocycles. The first kappa shape index (κ1) is 11.4. The summed E-state index contributed by atoms with van der Waals surface area (Å²) in [5.74, 6) is 0.510. The van der Waals surface area contributed by atoms with Crippen LogP contribution in [0.15, 0.2) is 0 Å². The van der Waals surface area contributed by atoms with Crippen molar-refractivity contribution < 1.29 is 9.84 Å². The first-order valence-corrected chi connectivity index (χ1v) is 6.66. The summed E-state index contributed by atoms with van der Waals surface area (Å²) in [4.78, 5) is 0. The molecule has 1 aliphatic heterocycles. The van der Waals surface area contributed by atoms with Gasteiger partial charge in [0.15, 0.2) is 0 Å². The molecule has 2 rings (SSSR count). The molecule has 2 aliphatic rings. The maximum Gasteiger partial charge on any atom is 0.0578 e. The summed E-state index contributed by atoms with van der Waals surface area (Å²) in [5.41, 5.74) is 0. The van der Waals surface area contributed by atoms with E-state index in [-0.39, 0.29) is 6.10 Å². The molecule has 3 unspecified atom stereocenters. The number of hydrogen-bond acceptors (Lipinski definition) is 2. The van der Waals surface area contributed by atoms with Gasteiger partial charge in [-0.05, 0) is 44.4 Å². The topological polar surface area (TPSA) is 29.5 Å². The standard InChI is InChI=1S/C13H24O2/c14-13-8-3-1-2-6-11(13)10-12-7-4-5-9-15-12/h11-14H,1-10H2. The fourth-order valence-corrected chi connectivity index (χ4v) is 2.97. The first-order chi connectivity index (χ1) is 7.36. The Kier molecular flexibility index (Phi) is 4.45. The number of rotatable bonds is 2. The highest BCUT2D eigenvalue weighted by Gasteiger charge is 2.26. The van der Waals surface area contributed by atoms with Gasteiger partial charge in [-0.25, -0.2) is 0 Å². The molecule has 2 heteroatoms. The number of aliphatic hydroxyl groups excluding tert-OH is 1. The molecule has 1 aliphatic carbocycles. The average molecular weight is 212 g/mol. The molecule has 0 aromatic heterocycles. The molecule has 1 saturated heterocycles. The summed E-state index contributed by atoms with van der Waals surface area (Å²) in [6, 6.07) is 0. The van der Waals surface area contributed by atoms with Gasteiger partial charge >= 0.3 is 0 Å². The predicted octanol–water partition coefficient (Wildman–Crippen LogP) is 2.89. The maximum atomic E-state index is 10.0. The molecule has 0 spiro atoms. The quantitative estimate of drug-likeness (QED) is 0.713. The molecule has 0 radical (unpaired) electrons. The Hall–Kier alpha value is -0.0800. The van der Waals surface area contributed by atoms with Crippen molar-refractivity contribution in [2.45, 2.75) is 70.0 Å². The third-order valence-corrected chi connectivity index (χ3v) is 3.96. The second-order valence-electron chi connectivity index (χ2n) is 5.19. The first-order valence-electron chi connectivity index (χ1n) is 6.66. The highest BCUT2D eigenvalue weighted by atomic mass is 16.5. The van der Waals surface area contributed by atoms with Crippen molar-refractivity contribution in [1.82, 2.24) is 0 Å². The van der Waals surface area contributed by atoms with E-state index in [4.69, 9.17) is 4.74 Å². The fraction of sp³-hybridized carbons (Fsp3) is 1.00. The van der Waals surface area contributed by atoms with Crippen molar-refractivity contribution in [2.75, 3.05) is 6.61 Å². The van der Waals surface area contributed by atoms with Gasteiger partial charge in [-0.15, -0.1) is 0 Å². The predicted molar refractivity (Wildman–Crippen MR) is 60.8 cm³/mol. The van der Waals surface area contributed by atoms with Crippen LogP contribution >= 0.6 is 0 Å². The second kappa shape index (κ2) is 5.86. The molecule has 0 bridgehead atoms. The Bertz CT molecular complexity index is 175.